The maximum Gasteiger partial charge on any atom is 0.416 e. The molecule has 0 fully saturated rings. The van der Waals surface area contributed by atoms with Crippen LogP contribution in [0.3, 0.4) is 0 Å². The van der Waals surface area contributed by atoms with Gasteiger partial charge in [-0.25, -0.2) is 0 Å². The summed E-state index contributed by atoms with van der Waals surface area (Å²) < 4.78 is 39.4. The second-order valence-electron chi connectivity index (χ2n) is 6.58. The Morgan fingerprint density at radius 1 is 1.14 bits per heavy atom. The molecule has 1 amide bonds. The minimum atomic E-state index is -4.59. The molecule has 2 aromatic carbocycles. The molecule has 2 aromatic rings. The highest BCUT2D eigenvalue weighted by atomic mass is 19.4. The smallest absolute Gasteiger partial charge is 0.416 e. The number of benzene rings is 2. The first kappa shape index (κ1) is 19.7. The van der Waals surface area contributed by atoms with Crippen molar-refractivity contribution in [1.82, 2.24) is 0 Å². The van der Waals surface area contributed by atoms with E-state index in [4.69, 9.17) is 0 Å². The van der Waals surface area contributed by atoms with Gasteiger partial charge in [0.1, 0.15) is 0 Å². The van der Waals surface area contributed by atoms with Crippen molar-refractivity contribution in [2.45, 2.75) is 32.5 Å². The van der Waals surface area contributed by atoms with Crippen molar-refractivity contribution in [3.05, 3.63) is 76.6 Å². The van der Waals surface area contributed by atoms with Crippen LogP contribution in [0.4, 0.5) is 18.9 Å². The molecule has 4 nitrogen and oxygen atoms in total. The summed E-state index contributed by atoms with van der Waals surface area (Å²) in [7, 11) is 0. The van der Waals surface area contributed by atoms with Crippen LogP contribution in [0, 0.1) is 6.92 Å². The molecule has 3 rings (SSSR count). The lowest BCUT2D eigenvalue weighted by molar-refractivity contribution is -0.137. The number of alkyl halides is 3. The van der Waals surface area contributed by atoms with Crippen LogP contribution in [0.15, 0.2) is 59.9 Å². The number of halogens is 3. The molecule has 7 heteroatoms. The van der Waals surface area contributed by atoms with Gasteiger partial charge in [-0.05, 0) is 30.7 Å². The average molecular weight is 389 g/mol. The minimum Gasteiger partial charge on any atom is -0.503 e. The van der Waals surface area contributed by atoms with Gasteiger partial charge in [0.15, 0.2) is 11.5 Å². The maximum absolute atomic E-state index is 13.1. The Labute approximate surface area is 159 Å². The Morgan fingerprint density at radius 2 is 1.82 bits per heavy atom. The number of aliphatic hydroxyl groups is 1. The van der Waals surface area contributed by atoms with E-state index in [1.807, 2.05) is 13.0 Å². The molecule has 1 N–H and O–H groups in total. The second kappa shape index (κ2) is 7.14. The third kappa shape index (κ3) is 3.40. The topological polar surface area (TPSA) is 57.6 Å². The highest BCUT2D eigenvalue weighted by Gasteiger charge is 2.44. The summed E-state index contributed by atoms with van der Waals surface area (Å²) in [4.78, 5) is 26.3. The SMILES string of the molecule is CCC(=O)C1=C(O)C(=O)N(c2cccc(C(F)(F)F)c2)C1c1cccc(C)c1. The quantitative estimate of drug-likeness (QED) is 0.810. The van der Waals surface area contributed by atoms with E-state index in [2.05, 4.69) is 0 Å². The molecule has 1 heterocycles. The number of nitrogens with zero attached hydrogens (tertiary/aromatic N) is 1. The summed E-state index contributed by atoms with van der Waals surface area (Å²) in [5, 5.41) is 10.4. The van der Waals surface area contributed by atoms with Gasteiger partial charge in [-0.2, -0.15) is 13.2 Å². The first-order chi connectivity index (χ1) is 13.1. The third-order valence-electron chi connectivity index (χ3n) is 4.64. The maximum atomic E-state index is 13.1. The van der Waals surface area contributed by atoms with Gasteiger partial charge in [0.2, 0.25) is 0 Å². The fraction of sp³-hybridized carbons (Fsp3) is 0.238. The number of carbonyl (C=O) groups is 2. The number of aryl methyl sites for hydroxylation is 1. The Balaban J connectivity index is 2.20. The van der Waals surface area contributed by atoms with E-state index >= 15 is 0 Å². The monoisotopic (exact) mass is 389 g/mol. The Bertz CT molecular complexity index is 979. The van der Waals surface area contributed by atoms with E-state index < -0.39 is 35.2 Å². The van der Waals surface area contributed by atoms with E-state index in [9.17, 15) is 27.9 Å². The standard InChI is InChI=1S/C21H18F3NO3/c1-3-16(26)17-18(13-7-4-6-12(2)10-13)25(20(28)19(17)27)15-9-5-8-14(11-15)21(22,23)24/h4-11,18,27H,3H2,1-2H3. The number of amides is 1. The van der Waals surface area contributed by atoms with Gasteiger partial charge in [-0.15, -0.1) is 0 Å². The molecule has 0 spiro atoms. The first-order valence-corrected chi connectivity index (χ1v) is 8.68. The van der Waals surface area contributed by atoms with E-state index in [0.717, 1.165) is 22.6 Å². The van der Waals surface area contributed by atoms with Gasteiger partial charge in [-0.3, -0.25) is 14.5 Å². The van der Waals surface area contributed by atoms with E-state index in [0.29, 0.717) is 5.56 Å². The van der Waals surface area contributed by atoms with Gasteiger partial charge in [0, 0.05) is 12.1 Å². The zero-order valence-electron chi connectivity index (χ0n) is 15.2. The molecule has 0 saturated heterocycles. The van der Waals surface area contributed by atoms with Crippen molar-refractivity contribution in [3.8, 4) is 0 Å². The van der Waals surface area contributed by atoms with E-state index in [1.54, 1.807) is 25.1 Å². The molecule has 0 bridgehead atoms. The van der Waals surface area contributed by atoms with E-state index in [-0.39, 0.29) is 17.7 Å². The lowest BCUT2D eigenvalue weighted by atomic mass is 9.94. The lowest BCUT2D eigenvalue weighted by Crippen LogP contribution is -2.31. The fourth-order valence-corrected chi connectivity index (χ4v) is 3.33. The summed E-state index contributed by atoms with van der Waals surface area (Å²) in [5.41, 5.74) is 0.318. The average Bonchev–Trinajstić information content (AvgIpc) is 2.92. The van der Waals surface area contributed by atoms with Crippen molar-refractivity contribution < 1.29 is 27.9 Å². The Hall–Kier alpha value is -3.09. The first-order valence-electron chi connectivity index (χ1n) is 8.68. The summed E-state index contributed by atoms with van der Waals surface area (Å²) >= 11 is 0. The molecule has 0 aromatic heterocycles. The molecular weight excluding hydrogens is 371 g/mol. The minimum absolute atomic E-state index is 0.0446. The molecule has 28 heavy (non-hydrogen) atoms. The zero-order valence-corrected chi connectivity index (χ0v) is 15.2. The van der Waals surface area contributed by atoms with Crippen molar-refractivity contribution in [2.24, 2.45) is 0 Å². The molecule has 146 valence electrons. The van der Waals surface area contributed by atoms with Crippen LogP contribution in [0.5, 0.6) is 0 Å². The van der Waals surface area contributed by atoms with Crippen molar-refractivity contribution in [1.29, 1.82) is 0 Å². The van der Waals surface area contributed by atoms with Crippen LogP contribution in [-0.4, -0.2) is 16.8 Å². The van der Waals surface area contributed by atoms with Crippen LogP contribution in [0.2, 0.25) is 0 Å². The molecule has 0 saturated carbocycles. The number of hydrogen-bond donors (Lipinski definition) is 1. The predicted octanol–water partition coefficient (Wildman–Crippen LogP) is 4.89. The fourth-order valence-electron chi connectivity index (χ4n) is 3.33. The van der Waals surface area contributed by atoms with Crippen molar-refractivity contribution in [2.75, 3.05) is 4.90 Å². The van der Waals surface area contributed by atoms with E-state index in [1.165, 1.54) is 12.1 Å². The summed E-state index contributed by atoms with van der Waals surface area (Å²) in [6, 6.07) is 10.2. The van der Waals surface area contributed by atoms with Crippen molar-refractivity contribution in [3.63, 3.8) is 0 Å². The van der Waals surface area contributed by atoms with Crippen LogP contribution >= 0.6 is 0 Å². The number of ketones is 1. The molecule has 1 aliphatic heterocycles. The largest absolute Gasteiger partial charge is 0.503 e. The highest BCUT2D eigenvalue weighted by Crippen LogP contribution is 2.42. The molecule has 0 aliphatic carbocycles. The third-order valence-corrected chi connectivity index (χ3v) is 4.64. The van der Waals surface area contributed by atoms with Gasteiger partial charge in [-0.1, -0.05) is 42.8 Å². The predicted molar refractivity (Wildman–Crippen MR) is 97.8 cm³/mol. The number of Topliss-reactive ketones (excluding diaryl/α,β-unsaturated/α-hetero) is 1. The molecule has 1 unspecified atom stereocenters. The normalized spacial score (nSPS) is 17.4. The van der Waals surface area contributed by atoms with Crippen LogP contribution in [-0.2, 0) is 15.8 Å². The number of carbonyl (C=O) groups excluding carboxylic acids is 2. The molecular formula is C21H18F3NO3. The van der Waals surface area contributed by atoms with Gasteiger partial charge in [0.25, 0.3) is 5.91 Å². The van der Waals surface area contributed by atoms with Crippen LogP contribution < -0.4 is 4.90 Å². The number of anilines is 1. The summed E-state index contributed by atoms with van der Waals surface area (Å²) in [6.07, 6.45) is -4.54. The van der Waals surface area contributed by atoms with Gasteiger partial charge in [0.05, 0.1) is 17.2 Å². The molecule has 0 radical (unpaired) electrons. The zero-order chi connectivity index (χ0) is 20.6. The molecule has 1 atom stereocenters. The Morgan fingerprint density at radius 3 is 2.43 bits per heavy atom. The number of rotatable bonds is 4. The second-order valence-corrected chi connectivity index (χ2v) is 6.58. The van der Waals surface area contributed by atoms with Crippen molar-refractivity contribution >= 4 is 17.4 Å². The van der Waals surface area contributed by atoms with Gasteiger partial charge < -0.3 is 5.11 Å². The van der Waals surface area contributed by atoms with Crippen LogP contribution in [0.1, 0.15) is 36.1 Å². The number of hydrogen-bond acceptors (Lipinski definition) is 3. The summed E-state index contributed by atoms with van der Waals surface area (Å²) in [6.45, 7) is 3.41. The molecule has 1 aliphatic rings. The number of aliphatic hydroxyl groups excluding tert-OH is 1. The highest BCUT2D eigenvalue weighted by molar-refractivity contribution is 6.16. The summed E-state index contributed by atoms with van der Waals surface area (Å²) in [5.74, 6) is -2.06. The lowest BCUT2D eigenvalue weighted by Gasteiger charge is -2.27. The van der Waals surface area contributed by atoms with Crippen LogP contribution in [0.25, 0.3) is 0 Å². The van der Waals surface area contributed by atoms with Gasteiger partial charge >= 0.3 is 6.18 Å². The Kier molecular flexibility index (Phi) is 5.02.